The van der Waals surface area contributed by atoms with Crippen LogP contribution in [0.15, 0.2) is 6.33 Å². The number of rotatable bonds is 6. The smallest absolute Gasteiger partial charge is 0.239 e. The lowest BCUT2D eigenvalue weighted by Crippen LogP contribution is -2.47. The molecule has 5 N–H and O–H groups in total. The standard InChI is InChI=1S/C11H20N6O2/c1-6(2)9(12)11(19)13-4-8(18)16-7(3)10-14-5-15-17-10/h5-7,9H,4,12H2,1-3H3,(H,13,19)(H,16,18)(H,14,15,17)/t7?,9-/m0/s1. The molecule has 1 aromatic heterocycles. The highest BCUT2D eigenvalue weighted by molar-refractivity contribution is 5.87. The number of nitrogens with one attached hydrogen (secondary N) is 3. The fraction of sp³-hybridized carbons (Fsp3) is 0.636. The Morgan fingerprint density at radius 3 is 2.63 bits per heavy atom. The molecule has 2 amide bonds. The average molecular weight is 268 g/mol. The summed E-state index contributed by atoms with van der Waals surface area (Å²) in [6.07, 6.45) is 1.36. The highest BCUT2D eigenvalue weighted by Gasteiger charge is 2.18. The Kier molecular flexibility index (Phi) is 5.43. The van der Waals surface area contributed by atoms with Gasteiger partial charge < -0.3 is 16.4 Å². The third kappa shape index (κ3) is 4.66. The summed E-state index contributed by atoms with van der Waals surface area (Å²) in [5.41, 5.74) is 5.66. The number of nitrogens with zero attached hydrogens (tertiary/aromatic N) is 2. The number of aromatic amines is 1. The van der Waals surface area contributed by atoms with Gasteiger partial charge in [0.1, 0.15) is 12.2 Å². The van der Waals surface area contributed by atoms with Gasteiger partial charge in [-0.3, -0.25) is 14.7 Å². The molecule has 2 atom stereocenters. The molecule has 0 aromatic carbocycles. The van der Waals surface area contributed by atoms with Gasteiger partial charge in [-0.2, -0.15) is 5.10 Å². The third-order valence-corrected chi connectivity index (χ3v) is 2.67. The Bertz CT molecular complexity index is 417. The second-order valence-corrected chi connectivity index (χ2v) is 4.65. The average Bonchev–Trinajstić information content (AvgIpc) is 2.88. The summed E-state index contributed by atoms with van der Waals surface area (Å²) in [7, 11) is 0. The normalized spacial score (nSPS) is 13.9. The SMILES string of the molecule is CC(NC(=O)CNC(=O)[C@@H](N)C(C)C)c1ncn[nH]1. The molecular weight excluding hydrogens is 248 g/mol. The Balaban J connectivity index is 2.34. The summed E-state index contributed by atoms with van der Waals surface area (Å²) >= 11 is 0. The molecule has 8 heteroatoms. The molecule has 0 aliphatic carbocycles. The maximum atomic E-state index is 11.6. The lowest BCUT2D eigenvalue weighted by molar-refractivity contribution is -0.127. The van der Waals surface area contributed by atoms with Crippen molar-refractivity contribution >= 4 is 11.8 Å². The quantitative estimate of drug-likeness (QED) is 0.531. The van der Waals surface area contributed by atoms with E-state index < -0.39 is 6.04 Å². The first-order chi connectivity index (χ1) is 8.91. The van der Waals surface area contributed by atoms with Crippen LogP contribution in [-0.4, -0.2) is 39.6 Å². The number of hydrogen-bond acceptors (Lipinski definition) is 5. The minimum Gasteiger partial charge on any atom is -0.346 e. The van der Waals surface area contributed by atoms with Crippen molar-refractivity contribution in [2.24, 2.45) is 11.7 Å². The predicted octanol–water partition coefficient (Wildman–Crippen LogP) is -0.919. The van der Waals surface area contributed by atoms with E-state index in [0.29, 0.717) is 5.82 Å². The van der Waals surface area contributed by atoms with Crippen LogP contribution in [0.1, 0.15) is 32.6 Å². The van der Waals surface area contributed by atoms with Crippen LogP contribution in [-0.2, 0) is 9.59 Å². The second-order valence-electron chi connectivity index (χ2n) is 4.65. The van der Waals surface area contributed by atoms with Crippen LogP contribution in [0.5, 0.6) is 0 Å². The van der Waals surface area contributed by atoms with Gasteiger partial charge >= 0.3 is 0 Å². The van der Waals surface area contributed by atoms with Gasteiger partial charge in [0.15, 0.2) is 0 Å². The van der Waals surface area contributed by atoms with Gasteiger partial charge in [-0.25, -0.2) is 4.98 Å². The highest BCUT2D eigenvalue weighted by Crippen LogP contribution is 2.03. The van der Waals surface area contributed by atoms with Gasteiger partial charge in [0.25, 0.3) is 0 Å². The van der Waals surface area contributed by atoms with Gasteiger partial charge in [0.2, 0.25) is 11.8 Å². The van der Waals surface area contributed by atoms with E-state index in [1.54, 1.807) is 6.92 Å². The van der Waals surface area contributed by atoms with Gasteiger partial charge in [0.05, 0.1) is 18.6 Å². The maximum Gasteiger partial charge on any atom is 0.239 e. The Labute approximate surface area is 111 Å². The van der Waals surface area contributed by atoms with Crippen LogP contribution in [0.4, 0.5) is 0 Å². The Hall–Kier alpha value is -1.96. The van der Waals surface area contributed by atoms with Crippen LogP contribution in [0, 0.1) is 5.92 Å². The number of amides is 2. The molecule has 8 nitrogen and oxygen atoms in total. The molecule has 0 aliphatic rings. The summed E-state index contributed by atoms with van der Waals surface area (Å²) in [5, 5.41) is 11.5. The number of H-pyrrole nitrogens is 1. The number of aromatic nitrogens is 3. The molecule has 1 rings (SSSR count). The van der Waals surface area contributed by atoms with E-state index >= 15 is 0 Å². The summed E-state index contributed by atoms with van der Waals surface area (Å²) in [4.78, 5) is 27.1. The predicted molar refractivity (Wildman–Crippen MR) is 68.8 cm³/mol. The monoisotopic (exact) mass is 268 g/mol. The largest absolute Gasteiger partial charge is 0.346 e. The Morgan fingerprint density at radius 1 is 1.42 bits per heavy atom. The van der Waals surface area contributed by atoms with Gasteiger partial charge in [-0.15, -0.1) is 0 Å². The van der Waals surface area contributed by atoms with Crippen molar-refractivity contribution in [3.05, 3.63) is 12.2 Å². The molecule has 1 aromatic rings. The van der Waals surface area contributed by atoms with Crippen molar-refractivity contribution in [2.45, 2.75) is 32.9 Å². The fourth-order valence-electron chi connectivity index (χ4n) is 1.37. The zero-order valence-electron chi connectivity index (χ0n) is 11.3. The molecule has 0 spiro atoms. The molecule has 1 heterocycles. The van der Waals surface area contributed by atoms with Crippen molar-refractivity contribution in [3.63, 3.8) is 0 Å². The van der Waals surface area contributed by atoms with Crippen LogP contribution in [0.3, 0.4) is 0 Å². The van der Waals surface area contributed by atoms with E-state index in [4.69, 9.17) is 5.73 Å². The van der Waals surface area contributed by atoms with Crippen LogP contribution in [0.2, 0.25) is 0 Å². The fourth-order valence-corrected chi connectivity index (χ4v) is 1.37. The summed E-state index contributed by atoms with van der Waals surface area (Å²) in [5.74, 6) is -0.0691. The van der Waals surface area contributed by atoms with Crippen molar-refractivity contribution in [2.75, 3.05) is 6.54 Å². The second kappa shape index (κ2) is 6.83. The molecule has 0 saturated heterocycles. The first-order valence-corrected chi connectivity index (χ1v) is 6.09. The molecule has 0 bridgehead atoms. The van der Waals surface area contributed by atoms with E-state index in [-0.39, 0.29) is 30.3 Å². The molecular formula is C11H20N6O2. The summed E-state index contributed by atoms with van der Waals surface area (Å²) in [6, 6.07) is -0.912. The Morgan fingerprint density at radius 2 is 2.11 bits per heavy atom. The minimum atomic E-state index is -0.612. The number of carbonyl (C=O) groups excluding carboxylic acids is 2. The minimum absolute atomic E-state index is 0.0242. The van der Waals surface area contributed by atoms with Crippen molar-refractivity contribution in [3.8, 4) is 0 Å². The zero-order chi connectivity index (χ0) is 14.4. The number of hydrogen-bond donors (Lipinski definition) is 4. The van der Waals surface area contributed by atoms with E-state index in [2.05, 4.69) is 25.8 Å². The highest BCUT2D eigenvalue weighted by atomic mass is 16.2. The van der Waals surface area contributed by atoms with Crippen LogP contribution < -0.4 is 16.4 Å². The first kappa shape index (κ1) is 15.1. The van der Waals surface area contributed by atoms with Crippen LogP contribution >= 0.6 is 0 Å². The van der Waals surface area contributed by atoms with Crippen LogP contribution in [0.25, 0.3) is 0 Å². The molecule has 0 saturated carbocycles. The third-order valence-electron chi connectivity index (χ3n) is 2.67. The lowest BCUT2D eigenvalue weighted by atomic mass is 10.1. The topological polar surface area (TPSA) is 126 Å². The molecule has 19 heavy (non-hydrogen) atoms. The lowest BCUT2D eigenvalue weighted by Gasteiger charge is -2.16. The van der Waals surface area contributed by atoms with E-state index in [9.17, 15) is 9.59 Å². The summed E-state index contributed by atoms with van der Waals surface area (Å²) < 4.78 is 0. The first-order valence-electron chi connectivity index (χ1n) is 6.09. The van der Waals surface area contributed by atoms with Gasteiger partial charge in [-0.1, -0.05) is 13.8 Å². The molecule has 0 aliphatic heterocycles. The van der Waals surface area contributed by atoms with Crippen molar-refractivity contribution < 1.29 is 9.59 Å². The van der Waals surface area contributed by atoms with Gasteiger partial charge in [0, 0.05) is 0 Å². The van der Waals surface area contributed by atoms with Crippen molar-refractivity contribution in [1.29, 1.82) is 0 Å². The van der Waals surface area contributed by atoms with Crippen molar-refractivity contribution in [1.82, 2.24) is 25.8 Å². The summed E-state index contributed by atoms with van der Waals surface area (Å²) in [6.45, 7) is 5.34. The maximum absolute atomic E-state index is 11.6. The van der Waals surface area contributed by atoms with E-state index in [0.717, 1.165) is 0 Å². The number of nitrogens with two attached hydrogens (primary N) is 1. The molecule has 0 fully saturated rings. The number of carbonyl (C=O) groups is 2. The van der Waals surface area contributed by atoms with E-state index in [1.807, 2.05) is 13.8 Å². The van der Waals surface area contributed by atoms with Gasteiger partial charge in [-0.05, 0) is 12.8 Å². The molecule has 1 unspecified atom stereocenters. The van der Waals surface area contributed by atoms with E-state index in [1.165, 1.54) is 6.33 Å². The molecule has 0 radical (unpaired) electrons. The molecule has 106 valence electrons. The zero-order valence-corrected chi connectivity index (χ0v) is 11.3.